The molecule has 2 aromatic heterocycles. The van der Waals surface area contributed by atoms with E-state index in [0.29, 0.717) is 11.6 Å². The van der Waals surface area contributed by atoms with Crippen molar-refractivity contribution >= 4 is 0 Å². The highest BCUT2D eigenvalue weighted by Gasteiger charge is 2.03. The summed E-state index contributed by atoms with van der Waals surface area (Å²) in [6, 6.07) is 0. The lowest BCUT2D eigenvalue weighted by Gasteiger charge is -1.98. The minimum absolute atomic E-state index is 0.497. The van der Waals surface area contributed by atoms with E-state index in [1.54, 1.807) is 25.7 Å². The van der Waals surface area contributed by atoms with Crippen LogP contribution in [0.25, 0.3) is 11.5 Å². The molecule has 0 saturated heterocycles. The molecule has 0 saturated carbocycles. The summed E-state index contributed by atoms with van der Waals surface area (Å²) in [5.74, 6) is 1.22. The Morgan fingerprint density at radius 1 is 1.14 bits per heavy atom. The summed E-state index contributed by atoms with van der Waals surface area (Å²) in [5.41, 5.74) is 1.71. The molecule has 0 bridgehead atoms. The van der Waals surface area contributed by atoms with Crippen LogP contribution in [0.1, 0.15) is 5.69 Å². The molecule has 0 aliphatic rings. The number of hydrogen-bond donors (Lipinski definition) is 1. The molecule has 0 amide bonds. The summed E-state index contributed by atoms with van der Waals surface area (Å²) in [7, 11) is 1.56. The van der Waals surface area contributed by atoms with Crippen molar-refractivity contribution in [2.45, 2.75) is 6.92 Å². The van der Waals surface area contributed by atoms with Crippen LogP contribution < -0.4 is 4.74 Å². The van der Waals surface area contributed by atoms with E-state index in [2.05, 4.69) is 19.9 Å². The molecule has 1 N–H and O–H groups in total. The topological polar surface area (TPSA) is 63.7 Å². The first-order chi connectivity index (χ1) is 6.79. The van der Waals surface area contributed by atoms with Gasteiger partial charge in [0, 0.05) is 11.9 Å². The zero-order valence-corrected chi connectivity index (χ0v) is 7.98. The molecule has 0 aliphatic carbocycles. The van der Waals surface area contributed by atoms with Crippen molar-refractivity contribution in [3.05, 3.63) is 24.3 Å². The molecule has 0 spiro atoms. The third kappa shape index (κ3) is 1.56. The zero-order valence-electron chi connectivity index (χ0n) is 7.98. The summed E-state index contributed by atoms with van der Waals surface area (Å²) in [6.07, 6.45) is 4.94. The van der Waals surface area contributed by atoms with Gasteiger partial charge in [0.2, 0.25) is 5.88 Å². The van der Waals surface area contributed by atoms with Crippen LogP contribution in [0.2, 0.25) is 0 Å². The van der Waals surface area contributed by atoms with Crippen LogP contribution >= 0.6 is 0 Å². The van der Waals surface area contributed by atoms with E-state index in [1.165, 1.54) is 0 Å². The van der Waals surface area contributed by atoms with Crippen LogP contribution in [0.15, 0.2) is 18.6 Å². The van der Waals surface area contributed by atoms with Crippen LogP contribution in [0.4, 0.5) is 0 Å². The van der Waals surface area contributed by atoms with E-state index in [9.17, 15) is 0 Å². The Bertz CT molecular complexity index is 421. The molecule has 0 fully saturated rings. The number of aryl methyl sites for hydroxylation is 1. The monoisotopic (exact) mass is 190 g/mol. The van der Waals surface area contributed by atoms with Gasteiger partial charge < -0.3 is 9.72 Å². The Morgan fingerprint density at radius 3 is 2.50 bits per heavy atom. The molecule has 5 heteroatoms. The number of aromatic nitrogens is 4. The Balaban J connectivity index is 2.33. The third-order valence-electron chi connectivity index (χ3n) is 1.78. The maximum Gasteiger partial charge on any atom is 0.232 e. The van der Waals surface area contributed by atoms with Gasteiger partial charge in [-0.3, -0.25) is 0 Å². The molecule has 0 radical (unpaired) electrons. The van der Waals surface area contributed by atoms with Crippen molar-refractivity contribution < 1.29 is 4.74 Å². The molecule has 2 heterocycles. The number of imidazole rings is 1. The van der Waals surface area contributed by atoms with Crippen molar-refractivity contribution in [2.75, 3.05) is 7.11 Å². The average Bonchev–Trinajstić information content (AvgIpc) is 2.65. The molecule has 5 nitrogen and oxygen atoms in total. The van der Waals surface area contributed by atoms with E-state index in [-0.39, 0.29) is 0 Å². The minimum atomic E-state index is 0.497. The maximum absolute atomic E-state index is 4.91. The Kier molecular flexibility index (Phi) is 2.14. The molecule has 0 unspecified atom stereocenters. The number of H-pyrrole nitrogens is 1. The molecule has 2 rings (SSSR count). The fourth-order valence-corrected chi connectivity index (χ4v) is 1.09. The first-order valence-electron chi connectivity index (χ1n) is 4.17. The number of rotatable bonds is 2. The van der Waals surface area contributed by atoms with Crippen LogP contribution in [0, 0.1) is 6.92 Å². The summed E-state index contributed by atoms with van der Waals surface area (Å²) < 4.78 is 4.91. The molecule has 14 heavy (non-hydrogen) atoms. The van der Waals surface area contributed by atoms with Gasteiger partial charge in [0.05, 0.1) is 19.5 Å². The Morgan fingerprint density at radius 2 is 2.00 bits per heavy atom. The van der Waals surface area contributed by atoms with E-state index >= 15 is 0 Å². The maximum atomic E-state index is 4.91. The second-order valence-corrected chi connectivity index (χ2v) is 2.86. The Hall–Kier alpha value is -1.91. The van der Waals surface area contributed by atoms with Gasteiger partial charge in [0.15, 0.2) is 5.82 Å². The SMILES string of the molecule is COc1cnc(-c2ncc(C)[nH]2)cn1. The second kappa shape index (κ2) is 3.45. The highest BCUT2D eigenvalue weighted by Crippen LogP contribution is 2.12. The lowest BCUT2D eigenvalue weighted by molar-refractivity contribution is 0.396. The first-order valence-corrected chi connectivity index (χ1v) is 4.17. The molecular formula is C9H10N4O. The number of aromatic amines is 1. The highest BCUT2D eigenvalue weighted by atomic mass is 16.5. The predicted molar refractivity (Wildman–Crippen MR) is 50.9 cm³/mol. The van der Waals surface area contributed by atoms with Gasteiger partial charge in [0.1, 0.15) is 5.69 Å². The largest absolute Gasteiger partial charge is 0.480 e. The summed E-state index contributed by atoms with van der Waals surface area (Å²) in [6.45, 7) is 1.94. The van der Waals surface area contributed by atoms with E-state index < -0.39 is 0 Å². The van der Waals surface area contributed by atoms with E-state index in [1.807, 2.05) is 6.92 Å². The summed E-state index contributed by atoms with van der Waals surface area (Å²) >= 11 is 0. The average molecular weight is 190 g/mol. The van der Waals surface area contributed by atoms with Crippen molar-refractivity contribution in [2.24, 2.45) is 0 Å². The van der Waals surface area contributed by atoms with Gasteiger partial charge in [-0.1, -0.05) is 0 Å². The van der Waals surface area contributed by atoms with Gasteiger partial charge in [0.25, 0.3) is 0 Å². The number of hydrogen-bond acceptors (Lipinski definition) is 4. The third-order valence-corrected chi connectivity index (χ3v) is 1.78. The standard InChI is InChI=1S/C9H10N4O/c1-6-3-12-9(13-6)7-4-11-8(14-2)5-10-7/h3-5H,1-2H3,(H,12,13). The highest BCUT2D eigenvalue weighted by molar-refractivity contribution is 5.47. The van der Waals surface area contributed by atoms with Gasteiger partial charge in [-0.2, -0.15) is 0 Å². The number of nitrogens with zero attached hydrogens (tertiary/aromatic N) is 3. The van der Waals surface area contributed by atoms with E-state index in [0.717, 1.165) is 11.5 Å². The summed E-state index contributed by atoms with van der Waals surface area (Å²) in [5, 5.41) is 0. The quantitative estimate of drug-likeness (QED) is 0.772. The number of methoxy groups -OCH3 is 1. The molecule has 72 valence electrons. The lowest BCUT2D eigenvalue weighted by atomic mass is 10.4. The van der Waals surface area contributed by atoms with E-state index in [4.69, 9.17) is 4.74 Å². The molecule has 2 aromatic rings. The summed E-state index contributed by atoms with van der Waals surface area (Å²) in [4.78, 5) is 15.4. The van der Waals surface area contributed by atoms with Gasteiger partial charge >= 0.3 is 0 Å². The smallest absolute Gasteiger partial charge is 0.232 e. The van der Waals surface area contributed by atoms with Crippen LogP contribution in [0.3, 0.4) is 0 Å². The normalized spacial score (nSPS) is 10.1. The van der Waals surface area contributed by atoms with Gasteiger partial charge in [-0.05, 0) is 6.92 Å². The number of nitrogens with one attached hydrogen (secondary N) is 1. The fourth-order valence-electron chi connectivity index (χ4n) is 1.09. The van der Waals surface area contributed by atoms with Crippen molar-refractivity contribution in [1.82, 2.24) is 19.9 Å². The fraction of sp³-hybridized carbons (Fsp3) is 0.222. The zero-order chi connectivity index (χ0) is 9.97. The van der Waals surface area contributed by atoms with Crippen molar-refractivity contribution in [3.8, 4) is 17.4 Å². The van der Waals surface area contributed by atoms with Crippen LogP contribution in [-0.2, 0) is 0 Å². The first kappa shape index (κ1) is 8.68. The molecule has 0 aromatic carbocycles. The second-order valence-electron chi connectivity index (χ2n) is 2.86. The lowest BCUT2D eigenvalue weighted by Crippen LogP contribution is -1.91. The van der Waals surface area contributed by atoms with Crippen molar-refractivity contribution in [3.63, 3.8) is 0 Å². The van der Waals surface area contributed by atoms with Gasteiger partial charge in [-0.25, -0.2) is 15.0 Å². The number of ether oxygens (including phenoxy) is 1. The molecule has 0 aliphatic heterocycles. The van der Waals surface area contributed by atoms with Crippen LogP contribution in [0.5, 0.6) is 5.88 Å². The van der Waals surface area contributed by atoms with Crippen molar-refractivity contribution in [1.29, 1.82) is 0 Å². The minimum Gasteiger partial charge on any atom is -0.480 e. The Labute approximate surface area is 81.2 Å². The molecular weight excluding hydrogens is 180 g/mol. The van der Waals surface area contributed by atoms with Gasteiger partial charge in [-0.15, -0.1) is 0 Å². The molecule has 0 atom stereocenters. The predicted octanol–water partition coefficient (Wildman–Crippen LogP) is 1.18. The van der Waals surface area contributed by atoms with Crippen LogP contribution in [-0.4, -0.2) is 27.0 Å².